The SMILES string of the molecule is COCCNC(=O)c1cnc(N(C)C)nc1C1CCN(C(=O)Cc2c(C)noc2C)C1. The summed E-state index contributed by atoms with van der Waals surface area (Å²) in [7, 11) is 5.29. The summed E-state index contributed by atoms with van der Waals surface area (Å²) in [6, 6.07) is 0. The van der Waals surface area contributed by atoms with Crippen LogP contribution in [-0.2, 0) is 16.0 Å². The van der Waals surface area contributed by atoms with Gasteiger partial charge in [0.15, 0.2) is 0 Å². The molecule has 0 spiro atoms. The molecule has 2 aromatic heterocycles. The highest BCUT2D eigenvalue weighted by molar-refractivity contribution is 5.95. The second kappa shape index (κ2) is 9.86. The van der Waals surface area contributed by atoms with Gasteiger partial charge in [0.05, 0.1) is 30.0 Å². The first-order valence-corrected chi connectivity index (χ1v) is 10.3. The molecular formula is C21H30N6O4. The second-order valence-corrected chi connectivity index (χ2v) is 7.92. The van der Waals surface area contributed by atoms with Crippen molar-refractivity contribution in [1.29, 1.82) is 0 Å². The van der Waals surface area contributed by atoms with Gasteiger partial charge in [-0.25, -0.2) is 9.97 Å². The monoisotopic (exact) mass is 430 g/mol. The van der Waals surface area contributed by atoms with Gasteiger partial charge in [0.25, 0.3) is 5.91 Å². The Kier molecular flexibility index (Phi) is 7.21. The Morgan fingerprint density at radius 3 is 2.77 bits per heavy atom. The summed E-state index contributed by atoms with van der Waals surface area (Å²) in [5.41, 5.74) is 2.68. The minimum atomic E-state index is -0.238. The predicted octanol–water partition coefficient (Wildman–Crippen LogP) is 1.08. The van der Waals surface area contributed by atoms with E-state index in [2.05, 4.69) is 20.4 Å². The number of likely N-dealkylation sites (tertiary alicyclic amines) is 1. The summed E-state index contributed by atoms with van der Waals surface area (Å²) in [5, 5.41) is 6.76. The Morgan fingerprint density at radius 2 is 2.13 bits per heavy atom. The minimum absolute atomic E-state index is 0.0184. The molecule has 0 radical (unpaired) electrons. The first kappa shape index (κ1) is 22.7. The lowest BCUT2D eigenvalue weighted by Crippen LogP contribution is -2.31. The summed E-state index contributed by atoms with van der Waals surface area (Å²) >= 11 is 0. The van der Waals surface area contributed by atoms with E-state index in [1.807, 2.05) is 32.8 Å². The highest BCUT2D eigenvalue weighted by Gasteiger charge is 2.32. The standard InChI is InChI=1S/C21H30N6O4/c1-13-16(14(2)31-25-13)10-18(28)27-8-6-15(12-27)19-17(20(29)22-7-9-30-5)11-23-21(24-19)26(3)4/h11,15H,6-10,12H2,1-5H3,(H,22,29). The molecule has 10 heteroatoms. The predicted molar refractivity (Wildman–Crippen MR) is 114 cm³/mol. The van der Waals surface area contributed by atoms with Crippen LogP contribution in [0.1, 0.15) is 45.4 Å². The smallest absolute Gasteiger partial charge is 0.254 e. The van der Waals surface area contributed by atoms with Crippen molar-refractivity contribution >= 4 is 17.8 Å². The van der Waals surface area contributed by atoms with Crippen molar-refractivity contribution in [2.24, 2.45) is 0 Å². The zero-order chi connectivity index (χ0) is 22.5. The number of hydrogen-bond acceptors (Lipinski definition) is 8. The Balaban J connectivity index is 1.77. The molecule has 1 saturated heterocycles. The number of nitrogens with one attached hydrogen (secondary N) is 1. The molecule has 3 rings (SSSR count). The van der Waals surface area contributed by atoms with Crippen LogP contribution >= 0.6 is 0 Å². The zero-order valence-electron chi connectivity index (χ0n) is 18.8. The molecule has 168 valence electrons. The van der Waals surface area contributed by atoms with E-state index in [0.29, 0.717) is 49.2 Å². The van der Waals surface area contributed by atoms with Crippen molar-refractivity contribution in [3.05, 3.63) is 34.5 Å². The number of ether oxygens (including phenoxy) is 1. The number of amides is 2. The summed E-state index contributed by atoms with van der Waals surface area (Å²) in [4.78, 5) is 38.2. The fraction of sp³-hybridized carbons (Fsp3) is 0.571. The summed E-state index contributed by atoms with van der Waals surface area (Å²) in [6.45, 7) is 5.59. The third kappa shape index (κ3) is 5.19. The number of carbonyl (C=O) groups is 2. The van der Waals surface area contributed by atoms with Gasteiger partial charge >= 0.3 is 0 Å². The molecule has 10 nitrogen and oxygen atoms in total. The van der Waals surface area contributed by atoms with Gasteiger partial charge in [0.1, 0.15) is 5.76 Å². The maximum Gasteiger partial charge on any atom is 0.254 e. The first-order chi connectivity index (χ1) is 14.8. The van der Waals surface area contributed by atoms with Crippen LogP contribution in [0, 0.1) is 13.8 Å². The lowest BCUT2D eigenvalue weighted by Gasteiger charge is -2.19. The molecular weight excluding hydrogens is 400 g/mol. The average molecular weight is 431 g/mol. The van der Waals surface area contributed by atoms with E-state index < -0.39 is 0 Å². The van der Waals surface area contributed by atoms with Crippen molar-refractivity contribution in [3.63, 3.8) is 0 Å². The molecule has 1 fully saturated rings. The van der Waals surface area contributed by atoms with Crippen LogP contribution in [0.4, 0.5) is 5.95 Å². The fourth-order valence-corrected chi connectivity index (χ4v) is 3.68. The third-order valence-electron chi connectivity index (χ3n) is 5.48. The number of carbonyl (C=O) groups excluding carboxylic acids is 2. The van der Waals surface area contributed by atoms with E-state index in [4.69, 9.17) is 9.26 Å². The number of nitrogens with zero attached hydrogens (tertiary/aromatic N) is 5. The molecule has 0 bridgehead atoms. The van der Waals surface area contributed by atoms with Gasteiger partial charge < -0.3 is 24.4 Å². The second-order valence-electron chi connectivity index (χ2n) is 7.92. The van der Waals surface area contributed by atoms with Crippen molar-refractivity contribution in [3.8, 4) is 0 Å². The number of anilines is 1. The maximum atomic E-state index is 12.9. The minimum Gasteiger partial charge on any atom is -0.383 e. The van der Waals surface area contributed by atoms with E-state index in [1.165, 1.54) is 0 Å². The van der Waals surface area contributed by atoms with Gasteiger partial charge in [-0.1, -0.05) is 5.16 Å². The van der Waals surface area contributed by atoms with Gasteiger partial charge in [0.2, 0.25) is 11.9 Å². The largest absolute Gasteiger partial charge is 0.383 e. The number of rotatable bonds is 8. The lowest BCUT2D eigenvalue weighted by molar-refractivity contribution is -0.129. The normalized spacial score (nSPS) is 15.9. The van der Waals surface area contributed by atoms with Crippen LogP contribution in [0.25, 0.3) is 0 Å². The molecule has 1 aliphatic heterocycles. The number of methoxy groups -OCH3 is 1. The van der Waals surface area contributed by atoms with E-state index in [0.717, 1.165) is 17.7 Å². The highest BCUT2D eigenvalue weighted by Crippen LogP contribution is 2.30. The van der Waals surface area contributed by atoms with Crippen LogP contribution in [-0.4, -0.2) is 79.3 Å². The quantitative estimate of drug-likeness (QED) is 0.619. The molecule has 0 aromatic carbocycles. The fourth-order valence-electron chi connectivity index (χ4n) is 3.68. The Labute approximate surface area is 182 Å². The molecule has 0 saturated carbocycles. The van der Waals surface area contributed by atoms with Crippen LogP contribution < -0.4 is 10.2 Å². The molecule has 31 heavy (non-hydrogen) atoms. The average Bonchev–Trinajstić information content (AvgIpc) is 3.36. The van der Waals surface area contributed by atoms with E-state index in [-0.39, 0.29) is 24.2 Å². The molecule has 1 N–H and O–H groups in total. The van der Waals surface area contributed by atoms with E-state index in [1.54, 1.807) is 18.2 Å². The van der Waals surface area contributed by atoms with Gasteiger partial charge in [0, 0.05) is 58.5 Å². The van der Waals surface area contributed by atoms with Crippen molar-refractivity contribution in [1.82, 2.24) is 25.3 Å². The summed E-state index contributed by atoms with van der Waals surface area (Å²) in [5.74, 6) is 0.938. The Bertz CT molecular complexity index is 922. The van der Waals surface area contributed by atoms with Gasteiger partial charge in [-0.05, 0) is 20.3 Å². The van der Waals surface area contributed by atoms with E-state index >= 15 is 0 Å². The van der Waals surface area contributed by atoms with Crippen molar-refractivity contribution in [2.75, 3.05) is 52.3 Å². The lowest BCUT2D eigenvalue weighted by atomic mass is 9.99. The van der Waals surface area contributed by atoms with Gasteiger partial charge in [-0.15, -0.1) is 0 Å². The van der Waals surface area contributed by atoms with Crippen LogP contribution in [0.15, 0.2) is 10.7 Å². The maximum absolute atomic E-state index is 12.9. The van der Waals surface area contributed by atoms with Gasteiger partial charge in [-0.3, -0.25) is 9.59 Å². The zero-order valence-corrected chi connectivity index (χ0v) is 18.8. The topological polar surface area (TPSA) is 114 Å². The van der Waals surface area contributed by atoms with Crippen LogP contribution in [0.5, 0.6) is 0 Å². The summed E-state index contributed by atoms with van der Waals surface area (Å²) in [6.07, 6.45) is 2.55. The molecule has 0 aliphatic carbocycles. The Hall–Kier alpha value is -3.01. The number of aromatic nitrogens is 3. The number of hydrogen-bond donors (Lipinski definition) is 1. The molecule has 1 aliphatic rings. The molecule has 1 atom stereocenters. The van der Waals surface area contributed by atoms with Crippen LogP contribution in [0.2, 0.25) is 0 Å². The Morgan fingerprint density at radius 1 is 1.35 bits per heavy atom. The molecule has 2 amide bonds. The molecule has 2 aromatic rings. The summed E-state index contributed by atoms with van der Waals surface area (Å²) < 4.78 is 10.2. The highest BCUT2D eigenvalue weighted by atomic mass is 16.5. The van der Waals surface area contributed by atoms with E-state index in [9.17, 15) is 9.59 Å². The molecule has 1 unspecified atom stereocenters. The first-order valence-electron chi connectivity index (χ1n) is 10.3. The van der Waals surface area contributed by atoms with Crippen molar-refractivity contribution in [2.45, 2.75) is 32.6 Å². The molecule has 3 heterocycles. The van der Waals surface area contributed by atoms with Crippen LogP contribution in [0.3, 0.4) is 0 Å². The van der Waals surface area contributed by atoms with Crippen molar-refractivity contribution < 1.29 is 18.8 Å². The third-order valence-corrected chi connectivity index (χ3v) is 5.48. The van der Waals surface area contributed by atoms with Gasteiger partial charge in [-0.2, -0.15) is 0 Å². The number of aryl methyl sites for hydroxylation is 2.